The molecule has 0 aromatic heterocycles. The normalized spacial score (nSPS) is 11.2. The van der Waals surface area contributed by atoms with Crippen LogP contribution < -0.4 is 0 Å². The third-order valence-electron chi connectivity index (χ3n) is 2.60. The van der Waals surface area contributed by atoms with Crippen LogP contribution in [0.15, 0.2) is 0 Å². The van der Waals surface area contributed by atoms with Crippen molar-refractivity contribution in [3.63, 3.8) is 0 Å². The molecule has 15 heavy (non-hydrogen) atoms. The Bertz CT molecular complexity index is 115. The van der Waals surface area contributed by atoms with Crippen LogP contribution in [-0.2, 0) is 4.74 Å². The van der Waals surface area contributed by atoms with Gasteiger partial charge in [0.15, 0.2) is 0 Å². The fourth-order valence-electron chi connectivity index (χ4n) is 1.66. The number of rotatable bonds is 11. The topological polar surface area (TPSA) is 12.5 Å². The number of nitrogens with zero attached hydrogens (tertiary/aromatic N) is 1. The van der Waals surface area contributed by atoms with Gasteiger partial charge in [-0.15, -0.1) is 0 Å². The Labute approximate surface area is 96.0 Å². The van der Waals surface area contributed by atoms with Crippen molar-refractivity contribution in [2.45, 2.75) is 51.9 Å². The van der Waals surface area contributed by atoms with Gasteiger partial charge in [0.05, 0.1) is 0 Å². The first-order valence-corrected chi connectivity index (χ1v) is 6.50. The Morgan fingerprint density at radius 2 is 1.33 bits per heavy atom. The summed E-state index contributed by atoms with van der Waals surface area (Å²) in [5.41, 5.74) is 0. The van der Waals surface area contributed by atoms with E-state index >= 15 is 0 Å². The van der Waals surface area contributed by atoms with E-state index in [4.69, 9.17) is 4.74 Å². The maximum absolute atomic E-state index is 5.30. The lowest BCUT2D eigenvalue weighted by Gasteiger charge is -2.08. The van der Waals surface area contributed by atoms with Crippen molar-refractivity contribution in [3.8, 4) is 0 Å². The van der Waals surface area contributed by atoms with E-state index in [2.05, 4.69) is 25.9 Å². The number of hydrogen-bond donors (Lipinski definition) is 0. The van der Waals surface area contributed by atoms with Crippen LogP contribution in [0.25, 0.3) is 0 Å². The van der Waals surface area contributed by atoms with Gasteiger partial charge in [0.25, 0.3) is 0 Å². The molecule has 92 valence electrons. The molecule has 0 atom stereocenters. The fourth-order valence-corrected chi connectivity index (χ4v) is 1.66. The summed E-state index contributed by atoms with van der Waals surface area (Å²) >= 11 is 0. The van der Waals surface area contributed by atoms with Crippen LogP contribution in [0.1, 0.15) is 51.9 Å². The van der Waals surface area contributed by atoms with Crippen LogP contribution in [-0.4, -0.2) is 38.8 Å². The molecule has 0 rings (SSSR count). The highest BCUT2D eigenvalue weighted by Gasteiger charge is 1.93. The van der Waals surface area contributed by atoms with Gasteiger partial charge in [-0.3, -0.25) is 0 Å². The summed E-state index contributed by atoms with van der Waals surface area (Å²) in [4.78, 5) is 2.27. The molecule has 0 saturated carbocycles. The third kappa shape index (κ3) is 13.9. The third-order valence-corrected chi connectivity index (χ3v) is 2.60. The molecule has 0 saturated heterocycles. The second-order valence-electron chi connectivity index (χ2n) is 4.48. The lowest BCUT2D eigenvalue weighted by atomic mass is 10.1. The molecule has 0 aliphatic heterocycles. The van der Waals surface area contributed by atoms with Crippen LogP contribution in [0.4, 0.5) is 0 Å². The first-order chi connectivity index (χ1) is 7.27. The Balaban J connectivity index is 2.87. The molecule has 0 aliphatic carbocycles. The average Bonchev–Trinajstić information content (AvgIpc) is 2.20. The molecule has 0 aromatic rings. The van der Waals surface area contributed by atoms with Gasteiger partial charge in [-0.2, -0.15) is 0 Å². The van der Waals surface area contributed by atoms with Gasteiger partial charge in [-0.05, 0) is 40.4 Å². The summed E-state index contributed by atoms with van der Waals surface area (Å²) in [7, 11) is 4.29. The summed E-state index contributed by atoms with van der Waals surface area (Å²) < 4.78 is 5.30. The minimum absolute atomic E-state index is 0.866. The predicted octanol–water partition coefficient (Wildman–Crippen LogP) is 3.32. The molecule has 0 bridgehead atoms. The molecule has 0 aliphatic rings. The van der Waals surface area contributed by atoms with Crippen molar-refractivity contribution in [2.75, 3.05) is 33.9 Å². The highest BCUT2D eigenvalue weighted by Crippen LogP contribution is 2.07. The van der Waals surface area contributed by atoms with Crippen molar-refractivity contribution in [2.24, 2.45) is 0 Å². The van der Waals surface area contributed by atoms with E-state index in [1.165, 1.54) is 51.5 Å². The predicted molar refractivity (Wildman–Crippen MR) is 67.4 cm³/mol. The molecule has 2 heteroatoms. The lowest BCUT2D eigenvalue weighted by molar-refractivity contribution is 0.143. The van der Waals surface area contributed by atoms with Gasteiger partial charge in [-0.1, -0.05) is 32.1 Å². The van der Waals surface area contributed by atoms with Gasteiger partial charge in [0, 0.05) is 13.2 Å². The van der Waals surface area contributed by atoms with Gasteiger partial charge < -0.3 is 9.64 Å². The van der Waals surface area contributed by atoms with E-state index in [1.54, 1.807) is 0 Å². The number of unbranched alkanes of at least 4 members (excludes halogenated alkanes) is 6. The van der Waals surface area contributed by atoms with Gasteiger partial charge in [0.2, 0.25) is 0 Å². The molecule has 0 aromatic carbocycles. The van der Waals surface area contributed by atoms with Crippen LogP contribution in [0.5, 0.6) is 0 Å². The van der Waals surface area contributed by atoms with Crippen molar-refractivity contribution >= 4 is 0 Å². The van der Waals surface area contributed by atoms with Crippen molar-refractivity contribution in [3.05, 3.63) is 0 Å². The summed E-state index contributed by atoms with van der Waals surface area (Å²) in [6.07, 6.45) is 9.52. The van der Waals surface area contributed by atoms with Gasteiger partial charge >= 0.3 is 0 Å². The summed E-state index contributed by atoms with van der Waals surface area (Å²) in [6, 6.07) is 0. The van der Waals surface area contributed by atoms with Crippen molar-refractivity contribution in [1.29, 1.82) is 0 Å². The SMILES string of the molecule is CCOCCCCCCCCCN(C)C. The van der Waals surface area contributed by atoms with Crippen molar-refractivity contribution < 1.29 is 4.74 Å². The maximum atomic E-state index is 5.30. The Hall–Kier alpha value is -0.0800. The standard InChI is InChI=1S/C13H29NO/c1-4-15-13-11-9-7-5-6-8-10-12-14(2)3/h4-13H2,1-3H3. The van der Waals surface area contributed by atoms with E-state index in [-0.39, 0.29) is 0 Å². The molecule has 0 radical (unpaired) electrons. The van der Waals surface area contributed by atoms with E-state index in [0.29, 0.717) is 0 Å². The van der Waals surface area contributed by atoms with Crippen LogP contribution in [0, 0.1) is 0 Å². The minimum atomic E-state index is 0.866. The Morgan fingerprint density at radius 3 is 1.87 bits per heavy atom. The molecule has 0 unspecified atom stereocenters. The molecular formula is C13H29NO. The molecule has 0 amide bonds. The zero-order valence-corrected chi connectivity index (χ0v) is 10.9. The fraction of sp³-hybridized carbons (Fsp3) is 1.00. The summed E-state index contributed by atoms with van der Waals surface area (Å²) in [6.45, 7) is 5.12. The van der Waals surface area contributed by atoms with Crippen LogP contribution >= 0.6 is 0 Å². The maximum Gasteiger partial charge on any atom is 0.0465 e. The monoisotopic (exact) mass is 215 g/mol. The molecule has 0 spiro atoms. The van der Waals surface area contributed by atoms with E-state index in [9.17, 15) is 0 Å². The highest BCUT2D eigenvalue weighted by atomic mass is 16.5. The summed E-state index contributed by atoms with van der Waals surface area (Å²) in [5.74, 6) is 0. The second-order valence-corrected chi connectivity index (χ2v) is 4.48. The Morgan fingerprint density at radius 1 is 0.800 bits per heavy atom. The quantitative estimate of drug-likeness (QED) is 0.490. The van der Waals surface area contributed by atoms with Gasteiger partial charge in [0.1, 0.15) is 0 Å². The molecule has 0 fully saturated rings. The highest BCUT2D eigenvalue weighted by molar-refractivity contribution is 4.48. The second kappa shape index (κ2) is 12.0. The summed E-state index contributed by atoms with van der Waals surface area (Å²) in [5, 5.41) is 0. The minimum Gasteiger partial charge on any atom is -0.382 e. The smallest absolute Gasteiger partial charge is 0.0465 e. The Kier molecular flexibility index (Phi) is 11.9. The first kappa shape index (κ1) is 14.9. The van der Waals surface area contributed by atoms with E-state index in [1.807, 2.05) is 0 Å². The zero-order valence-electron chi connectivity index (χ0n) is 10.9. The average molecular weight is 215 g/mol. The van der Waals surface area contributed by atoms with E-state index in [0.717, 1.165) is 13.2 Å². The first-order valence-electron chi connectivity index (χ1n) is 6.50. The van der Waals surface area contributed by atoms with Crippen molar-refractivity contribution in [1.82, 2.24) is 4.90 Å². The van der Waals surface area contributed by atoms with Crippen LogP contribution in [0.2, 0.25) is 0 Å². The molecule has 2 nitrogen and oxygen atoms in total. The lowest BCUT2D eigenvalue weighted by Crippen LogP contribution is -2.12. The molecule has 0 N–H and O–H groups in total. The van der Waals surface area contributed by atoms with Crippen LogP contribution in [0.3, 0.4) is 0 Å². The largest absolute Gasteiger partial charge is 0.382 e. The van der Waals surface area contributed by atoms with Gasteiger partial charge in [-0.25, -0.2) is 0 Å². The number of ether oxygens (including phenoxy) is 1. The number of hydrogen-bond acceptors (Lipinski definition) is 2. The van der Waals surface area contributed by atoms with E-state index < -0.39 is 0 Å². The molecule has 0 heterocycles. The zero-order chi connectivity index (χ0) is 11.4. The molecular weight excluding hydrogens is 186 g/mol.